The average Bonchev–Trinajstić information content (AvgIpc) is 2.97. The van der Waals surface area contributed by atoms with Gasteiger partial charge in [-0.3, -0.25) is 13.9 Å². The van der Waals surface area contributed by atoms with Crippen LogP contribution in [0, 0.1) is 12.7 Å². The van der Waals surface area contributed by atoms with E-state index in [1.807, 2.05) is 6.92 Å². The minimum atomic E-state index is -4.37. The second kappa shape index (κ2) is 13.9. The van der Waals surface area contributed by atoms with Gasteiger partial charge in [-0.2, -0.15) is 0 Å². The van der Waals surface area contributed by atoms with Crippen LogP contribution in [0.5, 0.6) is 0 Å². The molecule has 1 saturated carbocycles. The van der Waals surface area contributed by atoms with Crippen LogP contribution in [-0.4, -0.2) is 43.8 Å². The summed E-state index contributed by atoms with van der Waals surface area (Å²) in [5.74, 6) is -1.85. The number of para-hydroxylation sites is 1. The number of rotatable bonds is 10. The second-order valence-electron chi connectivity index (χ2n) is 10.6. The molecule has 42 heavy (non-hydrogen) atoms. The lowest BCUT2D eigenvalue weighted by molar-refractivity contribution is -0.139. The third-order valence-electron chi connectivity index (χ3n) is 7.46. The summed E-state index contributed by atoms with van der Waals surface area (Å²) in [5.41, 5.74) is 1.15. The summed E-state index contributed by atoms with van der Waals surface area (Å²) in [7, 11) is -4.37. The van der Waals surface area contributed by atoms with Gasteiger partial charge in [0.25, 0.3) is 10.0 Å². The van der Waals surface area contributed by atoms with Crippen molar-refractivity contribution in [2.45, 2.75) is 69.5 Å². The molecular formula is C31H34Cl2FN3O4S. The van der Waals surface area contributed by atoms with Gasteiger partial charge in [-0.15, -0.1) is 0 Å². The zero-order valence-electron chi connectivity index (χ0n) is 23.5. The Bertz CT molecular complexity index is 1530. The maximum atomic E-state index is 15.1. The van der Waals surface area contributed by atoms with Crippen molar-refractivity contribution in [2.24, 2.45) is 0 Å². The molecule has 1 fully saturated rings. The first-order valence-corrected chi connectivity index (χ1v) is 16.0. The molecular weight excluding hydrogens is 600 g/mol. The van der Waals surface area contributed by atoms with Crippen molar-refractivity contribution in [1.29, 1.82) is 0 Å². The smallest absolute Gasteiger partial charge is 0.264 e. The quantitative estimate of drug-likeness (QED) is 0.276. The predicted molar refractivity (Wildman–Crippen MR) is 164 cm³/mol. The fourth-order valence-corrected chi connectivity index (χ4v) is 6.73. The minimum Gasteiger partial charge on any atom is -0.352 e. The highest BCUT2D eigenvalue weighted by Crippen LogP contribution is 2.28. The van der Waals surface area contributed by atoms with Crippen LogP contribution in [0.15, 0.2) is 71.6 Å². The number of carbonyl (C=O) groups is 2. The van der Waals surface area contributed by atoms with Crippen LogP contribution >= 0.6 is 23.2 Å². The van der Waals surface area contributed by atoms with Crippen LogP contribution < -0.4 is 9.62 Å². The molecule has 0 radical (unpaired) electrons. The van der Waals surface area contributed by atoms with Crippen LogP contribution in [0.25, 0.3) is 0 Å². The summed E-state index contributed by atoms with van der Waals surface area (Å²) >= 11 is 12.3. The number of hydrogen-bond acceptors (Lipinski definition) is 4. The topological polar surface area (TPSA) is 86.8 Å². The van der Waals surface area contributed by atoms with Crippen molar-refractivity contribution in [3.63, 3.8) is 0 Å². The lowest BCUT2D eigenvalue weighted by Crippen LogP contribution is -2.53. The number of hydrogen-bond donors (Lipinski definition) is 1. The van der Waals surface area contributed by atoms with E-state index in [4.69, 9.17) is 23.2 Å². The van der Waals surface area contributed by atoms with Crippen LogP contribution in [-0.2, 0) is 26.2 Å². The Hall–Kier alpha value is -3.14. The normalized spacial score (nSPS) is 14.7. The van der Waals surface area contributed by atoms with Gasteiger partial charge in [-0.25, -0.2) is 12.8 Å². The molecule has 1 aliphatic rings. The number of nitrogens with one attached hydrogen (secondary N) is 1. The molecule has 0 aliphatic heterocycles. The molecule has 1 N–H and O–H groups in total. The van der Waals surface area contributed by atoms with Gasteiger partial charge in [0.2, 0.25) is 11.8 Å². The van der Waals surface area contributed by atoms with Crippen LogP contribution in [0.3, 0.4) is 0 Å². The first kappa shape index (κ1) is 31.8. The van der Waals surface area contributed by atoms with E-state index in [-0.39, 0.29) is 34.1 Å². The van der Waals surface area contributed by atoms with E-state index >= 15 is 4.39 Å². The number of amides is 2. The summed E-state index contributed by atoms with van der Waals surface area (Å²) in [4.78, 5) is 28.6. The Balaban J connectivity index is 1.69. The highest BCUT2D eigenvalue weighted by molar-refractivity contribution is 7.92. The summed E-state index contributed by atoms with van der Waals surface area (Å²) < 4.78 is 43.5. The molecule has 2 amide bonds. The minimum absolute atomic E-state index is 0.00690. The van der Waals surface area contributed by atoms with Gasteiger partial charge in [0, 0.05) is 12.6 Å². The van der Waals surface area contributed by atoms with Gasteiger partial charge < -0.3 is 10.2 Å². The van der Waals surface area contributed by atoms with Gasteiger partial charge in [0.05, 0.1) is 20.6 Å². The van der Waals surface area contributed by atoms with Crippen LogP contribution in [0.4, 0.5) is 10.1 Å². The molecule has 0 saturated heterocycles. The number of halogens is 3. The molecule has 7 nitrogen and oxygen atoms in total. The molecule has 1 atom stereocenters. The standard InChI is InChI=1S/C31H34Cl2FN3O4S/c1-21-12-15-25(16-13-21)42(40,41)37(29-11-7-6-10-28(29)34)20-30(38)36(19-23-14-17-26(32)27(33)18-23)22(2)31(39)35-24-8-4-3-5-9-24/h6-7,10-18,22,24H,3-5,8-9,19-20H2,1-2H3,(H,35,39). The Morgan fingerprint density at radius 2 is 1.64 bits per heavy atom. The molecule has 0 spiro atoms. The zero-order valence-corrected chi connectivity index (χ0v) is 25.9. The van der Waals surface area contributed by atoms with E-state index in [0.29, 0.717) is 10.6 Å². The van der Waals surface area contributed by atoms with Crippen molar-refractivity contribution in [3.8, 4) is 0 Å². The number of sulfonamides is 1. The van der Waals surface area contributed by atoms with Gasteiger partial charge in [-0.05, 0) is 68.7 Å². The van der Waals surface area contributed by atoms with Crippen molar-refractivity contribution in [2.75, 3.05) is 10.8 Å². The predicted octanol–water partition coefficient (Wildman–Crippen LogP) is 6.50. The van der Waals surface area contributed by atoms with E-state index in [1.54, 1.807) is 37.3 Å². The third-order valence-corrected chi connectivity index (χ3v) is 9.98. The lowest BCUT2D eigenvalue weighted by Gasteiger charge is -2.33. The third kappa shape index (κ3) is 7.62. The molecule has 224 valence electrons. The van der Waals surface area contributed by atoms with E-state index in [9.17, 15) is 18.0 Å². The highest BCUT2D eigenvalue weighted by Gasteiger charge is 2.34. The van der Waals surface area contributed by atoms with Crippen LogP contribution in [0.2, 0.25) is 10.0 Å². The number of anilines is 1. The summed E-state index contributed by atoms with van der Waals surface area (Å²) in [6.45, 7) is 2.62. The molecule has 3 aromatic carbocycles. The molecule has 4 rings (SSSR count). The number of benzene rings is 3. The molecule has 3 aromatic rings. The summed E-state index contributed by atoms with van der Waals surface area (Å²) in [5, 5.41) is 3.65. The van der Waals surface area contributed by atoms with E-state index in [1.165, 1.54) is 35.2 Å². The van der Waals surface area contributed by atoms with Crippen molar-refractivity contribution in [1.82, 2.24) is 10.2 Å². The Kier molecular flexibility index (Phi) is 10.5. The number of carbonyl (C=O) groups excluding carboxylic acids is 2. The van der Waals surface area contributed by atoms with E-state index < -0.39 is 34.3 Å². The van der Waals surface area contributed by atoms with Crippen molar-refractivity contribution in [3.05, 3.63) is 93.7 Å². The van der Waals surface area contributed by atoms with Crippen molar-refractivity contribution < 1.29 is 22.4 Å². The summed E-state index contributed by atoms with van der Waals surface area (Å²) in [6.07, 6.45) is 4.86. The maximum absolute atomic E-state index is 15.1. The fourth-order valence-electron chi connectivity index (χ4n) is 4.99. The average molecular weight is 635 g/mol. The molecule has 0 aromatic heterocycles. The highest BCUT2D eigenvalue weighted by atomic mass is 35.5. The molecule has 1 aliphatic carbocycles. The molecule has 1 unspecified atom stereocenters. The summed E-state index contributed by atoms with van der Waals surface area (Å²) in [6, 6.07) is 15.3. The zero-order chi connectivity index (χ0) is 30.4. The number of nitrogens with zero attached hydrogens (tertiary/aromatic N) is 2. The largest absolute Gasteiger partial charge is 0.352 e. The van der Waals surface area contributed by atoms with Gasteiger partial charge in [-0.1, -0.05) is 78.4 Å². The van der Waals surface area contributed by atoms with Crippen LogP contribution in [0.1, 0.15) is 50.2 Å². The van der Waals surface area contributed by atoms with Crippen molar-refractivity contribution >= 4 is 50.7 Å². The monoisotopic (exact) mass is 633 g/mol. The van der Waals surface area contributed by atoms with Gasteiger partial charge in [0.15, 0.2) is 0 Å². The first-order valence-electron chi connectivity index (χ1n) is 13.8. The molecule has 0 bridgehead atoms. The Morgan fingerprint density at radius 3 is 2.29 bits per heavy atom. The van der Waals surface area contributed by atoms with Gasteiger partial charge >= 0.3 is 0 Å². The molecule has 0 heterocycles. The first-order chi connectivity index (χ1) is 20.0. The number of aryl methyl sites for hydroxylation is 1. The SMILES string of the molecule is Cc1ccc(S(=O)(=O)N(CC(=O)N(Cc2ccc(Cl)c(Cl)c2)C(C)C(=O)NC2CCCCC2)c2ccccc2F)cc1. The molecule has 11 heteroatoms. The Labute approximate surface area is 256 Å². The fraction of sp³-hybridized carbons (Fsp3) is 0.355. The Morgan fingerprint density at radius 1 is 0.976 bits per heavy atom. The lowest BCUT2D eigenvalue weighted by atomic mass is 9.95. The van der Waals surface area contributed by atoms with E-state index in [2.05, 4.69) is 5.32 Å². The second-order valence-corrected chi connectivity index (χ2v) is 13.2. The maximum Gasteiger partial charge on any atom is 0.264 e. The van der Waals surface area contributed by atoms with Gasteiger partial charge in [0.1, 0.15) is 18.4 Å². The van der Waals surface area contributed by atoms with E-state index in [0.717, 1.165) is 48.0 Å².